The number of aliphatic carboxylic acids is 1. The van der Waals surface area contributed by atoms with Crippen LogP contribution in [0.1, 0.15) is 171 Å². The Morgan fingerprint density at radius 2 is 0.843 bits per heavy atom. The highest BCUT2D eigenvalue weighted by Crippen LogP contribution is 2.22. The van der Waals surface area contributed by atoms with Gasteiger partial charge in [-0.15, -0.1) is 0 Å². The van der Waals surface area contributed by atoms with E-state index in [4.69, 9.17) is 44.9 Å². The standard InChI is InChI=1S/C84H141N29O21/c1-42(2)31-55(102-64(118)37-97-67(119)47(11)100-69(121)52(22-16-28-95-83(89)90)104-76(128)60(40-115)110-68(120)50(85)39-114)73(125)105-54(25-26-62(86)116)71(123)108-58(34-48-19-13-12-14-20-48)80(132)113-30-18-24-61(113)77(129)112-65(45(7)8)78(130)98-38-63(117)101-51(21-15-27-94-82(87)88)72(124)111-66(46(9)10)79(131)107-57(35-49-36-93-41-99-49)75(127)103-53(23-17-29-96-84(91)92)70(122)106-56(32-43(3)4)74(126)109-59(81(133)134)33-44(5)6/h12-14,19-20,36,41-47,50-61,65-66,114-115H,15-18,21-35,37-40,85H2,1-11H3,(H2,86,116)(H,93,99)(H,97,119)(H,98,130)(H,100,121)(H,101,117)(H,102,118)(H,103,127)(H,104,128)(H,105,125)(H,106,122)(H,107,131)(H,108,123)(H,109,126)(H,110,120)(H,111,124)(H,112,129)(H,133,134)(H4,87,88,94)(H4,89,90,95)(H4,91,92,96)/t47-,50-,51-,52-,53-,54-,55-,56-,57-,58-,59-,60-,61-,65-,66-/m0/s1. The predicted octanol–water partition coefficient (Wildman–Crippen LogP) is -8.36. The van der Waals surface area contributed by atoms with E-state index in [2.05, 4.69) is 106 Å². The van der Waals surface area contributed by atoms with Gasteiger partial charge in [-0.05, 0) is 119 Å². The second-order valence-corrected chi connectivity index (χ2v) is 34.7. The van der Waals surface area contributed by atoms with Crippen molar-refractivity contribution in [3.63, 3.8) is 0 Å². The first-order valence-electron chi connectivity index (χ1n) is 44.6. The molecule has 1 aromatic carbocycles. The summed E-state index contributed by atoms with van der Waals surface area (Å²) in [5.74, 6) is -20.0. The van der Waals surface area contributed by atoms with Crippen molar-refractivity contribution in [1.82, 2.24) is 111 Å². The van der Waals surface area contributed by atoms with Crippen LogP contribution in [0.5, 0.6) is 0 Å². The molecule has 35 N–H and O–H groups in total. The van der Waals surface area contributed by atoms with Crippen LogP contribution >= 0.6 is 0 Å². The summed E-state index contributed by atoms with van der Waals surface area (Å²) in [4.78, 5) is 258. The minimum absolute atomic E-state index is 0.0235. The van der Waals surface area contributed by atoms with Gasteiger partial charge < -0.3 is 150 Å². The summed E-state index contributed by atoms with van der Waals surface area (Å²) in [6.07, 6.45) is 1.59. The molecule has 2 heterocycles. The average molecular weight is 1890 g/mol. The molecule has 0 unspecified atom stereocenters. The van der Waals surface area contributed by atoms with Gasteiger partial charge in [-0.25, -0.2) is 9.78 Å². The van der Waals surface area contributed by atoms with Gasteiger partial charge in [0, 0.05) is 57.3 Å². The van der Waals surface area contributed by atoms with Crippen molar-refractivity contribution < 1.29 is 102 Å². The van der Waals surface area contributed by atoms with Crippen molar-refractivity contribution in [2.45, 2.75) is 263 Å². The molecule has 50 nitrogen and oxygen atoms in total. The second-order valence-electron chi connectivity index (χ2n) is 34.7. The minimum atomic E-state index is -1.63. The molecule has 1 saturated heterocycles. The third kappa shape index (κ3) is 42.9. The number of guanidine groups is 3. The SMILES string of the molecule is CC(C)C[C@H](NC(=O)[C@H](CC(C)C)NC(=O)[C@H](CCCNC(=N)N)NC(=O)[C@H](Cc1cnc[nH]1)NC(=O)[C@@H](NC(=O)[C@H](CCCNC(=N)N)NC(=O)CNC(=O)[C@@H](NC(=O)[C@@H]1CCCN1C(=O)[C@H](Cc1ccccc1)NC(=O)[C@H](CCC(N)=O)NC(=O)[C@H](CC(C)C)NC(=O)CNC(=O)[C@H](C)NC(=O)[C@H](CCCNC(=N)N)NC(=O)[C@H](CO)NC(=O)[C@@H](N)CO)C(C)C)C(C)C)C(=O)O. The van der Waals surface area contributed by atoms with E-state index in [-0.39, 0.29) is 133 Å². The number of aliphatic hydroxyl groups is 2. The molecule has 0 aliphatic carbocycles. The number of carboxylic acid groups (broad SMARTS) is 1. The zero-order valence-electron chi connectivity index (χ0n) is 77.8. The Morgan fingerprint density at radius 3 is 1.31 bits per heavy atom. The third-order valence-electron chi connectivity index (χ3n) is 21.0. The van der Waals surface area contributed by atoms with Gasteiger partial charge in [0.2, 0.25) is 100 Å². The summed E-state index contributed by atoms with van der Waals surface area (Å²) in [6, 6.07) is -13.2. The Bertz CT molecular complexity index is 4290. The highest BCUT2D eigenvalue weighted by atomic mass is 16.4. The Kier molecular flexibility index (Phi) is 50.7. The maximum Gasteiger partial charge on any atom is 0.326 e. The fraction of sp³-hybridized carbons (Fsp3) is 0.643. The summed E-state index contributed by atoms with van der Waals surface area (Å²) >= 11 is 0. The predicted molar refractivity (Wildman–Crippen MR) is 488 cm³/mol. The number of imidazole rings is 1. The first-order chi connectivity index (χ1) is 63.0. The lowest BCUT2D eigenvalue weighted by molar-refractivity contribution is -0.143. The van der Waals surface area contributed by atoms with E-state index in [1.54, 1.807) is 99.6 Å². The number of aromatic amines is 1. The van der Waals surface area contributed by atoms with Gasteiger partial charge >= 0.3 is 5.97 Å². The normalized spacial score (nSPS) is 15.5. The molecule has 15 atom stereocenters. The van der Waals surface area contributed by atoms with Crippen molar-refractivity contribution in [3.8, 4) is 0 Å². The Labute approximate surface area is 777 Å². The molecule has 1 aromatic heterocycles. The number of primary amides is 1. The zero-order valence-corrected chi connectivity index (χ0v) is 77.8. The fourth-order valence-electron chi connectivity index (χ4n) is 13.9. The number of H-pyrrole nitrogens is 1. The number of nitrogens with two attached hydrogens (primary N) is 5. The summed E-state index contributed by atoms with van der Waals surface area (Å²) in [6.45, 7) is 14.9. The number of likely N-dealkylation sites (tertiary alicyclic amines) is 1. The quantitative estimate of drug-likeness (QED) is 0.0166. The first kappa shape index (κ1) is 115. The van der Waals surface area contributed by atoms with Crippen molar-refractivity contribution in [1.29, 1.82) is 16.2 Å². The van der Waals surface area contributed by atoms with Gasteiger partial charge in [-0.2, -0.15) is 0 Å². The highest BCUT2D eigenvalue weighted by molar-refractivity contribution is 6.01. The average Bonchev–Trinajstić information content (AvgIpc) is 1.63. The molecule has 3 rings (SSSR count). The number of rotatable bonds is 61. The molecule has 1 fully saturated rings. The van der Waals surface area contributed by atoms with Crippen LogP contribution in [0.15, 0.2) is 42.9 Å². The van der Waals surface area contributed by atoms with E-state index in [9.17, 15) is 96.8 Å². The van der Waals surface area contributed by atoms with Crippen LogP contribution in [0.3, 0.4) is 0 Å². The van der Waals surface area contributed by atoms with Gasteiger partial charge in [0.25, 0.3) is 0 Å². The number of nitrogens with zero attached hydrogens (tertiary/aromatic N) is 2. The zero-order chi connectivity index (χ0) is 101. The molecule has 50 heteroatoms. The lowest BCUT2D eigenvalue weighted by atomic mass is 9.99. The molecule has 134 heavy (non-hydrogen) atoms. The van der Waals surface area contributed by atoms with Crippen LogP contribution in [0.4, 0.5) is 0 Å². The van der Waals surface area contributed by atoms with E-state index in [1.807, 2.05) is 0 Å². The Hall–Kier alpha value is -13.4. The molecular weight excluding hydrogens is 1750 g/mol. The monoisotopic (exact) mass is 1890 g/mol. The lowest BCUT2D eigenvalue weighted by Gasteiger charge is -2.31. The summed E-state index contributed by atoms with van der Waals surface area (Å²) < 4.78 is 0. The molecule has 0 radical (unpaired) electrons. The van der Waals surface area contributed by atoms with Crippen molar-refractivity contribution in [3.05, 3.63) is 54.1 Å². The van der Waals surface area contributed by atoms with Crippen molar-refractivity contribution in [2.24, 2.45) is 58.3 Å². The number of amides is 17. The Morgan fingerprint density at radius 1 is 0.440 bits per heavy atom. The molecule has 2 aromatic rings. The van der Waals surface area contributed by atoms with E-state index in [1.165, 1.54) is 24.3 Å². The van der Waals surface area contributed by atoms with Gasteiger partial charge in [-0.1, -0.05) is 99.6 Å². The molecule has 17 amide bonds. The van der Waals surface area contributed by atoms with Gasteiger partial charge in [-0.3, -0.25) is 97.7 Å². The number of hydrogen-bond donors (Lipinski definition) is 30. The van der Waals surface area contributed by atoms with Crippen LogP contribution in [0.2, 0.25) is 0 Å². The number of carboxylic acids is 1. The number of carbonyl (C=O) groups excluding carboxylic acids is 17. The highest BCUT2D eigenvalue weighted by Gasteiger charge is 2.43. The maximum absolute atomic E-state index is 15.1. The van der Waals surface area contributed by atoms with Crippen LogP contribution in [0.25, 0.3) is 0 Å². The molecule has 1 aliphatic rings. The van der Waals surface area contributed by atoms with Crippen LogP contribution < -0.4 is 124 Å². The Balaban J connectivity index is 1.87. The van der Waals surface area contributed by atoms with Gasteiger partial charge in [0.15, 0.2) is 17.9 Å². The van der Waals surface area contributed by atoms with Gasteiger partial charge in [0.1, 0.15) is 90.6 Å². The van der Waals surface area contributed by atoms with Crippen LogP contribution in [-0.4, -0.2) is 298 Å². The third-order valence-corrected chi connectivity index (χ3v) is 21.0. The topological polar surface area (TPSA) is 818 Å². The molecular formula is C84H141N29O21. The second kappa shape index (κ2) is 59.2. The summed E-state index contributed by atoms with van der Waals surface area (Å²) in [5.41, 5.74) is 28.4. The smallest absolute Gasteiger partial charge is 0.326 e. The number of benzene rings is 1. The van der Waals surface area contributed by atoms with Crippen molar-refractivity contribution in [2.75, 3.05) is 52.5 Å². The minimum Gasteiger partial charge on any atom is -0.480 e. The molecule has 0 saturated carbocycles. The number of hydrogen-bond acceptors (Lipinski definition) is 25. The summed E-state index contributed by atoms with van der Waals surface area (Å²) in [7, 11) is 0. The van der Waals surface area contributed by atoms with Crippen LogP contribution in [-0.2, 0) is 99.1 Å². The summed E-state index contributed by atoms with van der Waals surface area (Å²) in [5, 5.41) is 97.6. The first-order valence-corrected chi connectivity index (χ1v) is 44.6. The number of aromatic nitrogens is 2. The molecule has 0 spiro atoms. The number of nitrogens with one attached hydrogen (secondary N) is 22. The van der Waals surface area contributed by atoms with Crippen LogP contribution in [0, 0.1) is 45.8 Å². The van der Waals surface area contributed by atoms with E-state index in [0.29, 0.717) is 11.3 Å². The van der Waals surface area contributed by atoms with E-state index in [0.717, 1.165) is 0 Å². The largest absolute Gasteiger partial charge is 0.480 e. The number of carbonyl (C=O) groups is 18. The fourth-order valence-corrected chi connectivity index (χ4v) is 13.9. The molecule has 1 aliphatic heterocycles. The van der Waals surface area contributed by atoms with Gasteiger partial charge in [0.05, 0.1) is 32.6 Å². The van der Waals surface area contributed by atoms with Crippen molar-refractivity contribution >= 4 is 124 Å². The van der Waals surface area contributed by atoms with E-state index >= 15 is 4.79 Å². The number of aliphatic hydroxyl groups excluding tert-OH is 2. The van der Waals surface area contributed by atoms with E-state index < -0.39 is 260 Å². The molecule has 748 valence electrons. The lowest BCUT2D eigenvalue weighted by Crippen LogP contribution is -2.61. The maximum atomic E-state index is 15.1. The molecule has 0 bridgehead atoms.